The maximum Gasteiger partial charge on any atom is 0.155 e. The summed E-state index contributed by atoms with van der Waals surface area (Å²) < 4.78 is 16.4. The normalized spacial score (nSPS) is 10.9. The average molecular weight is 368 g/mol. The summed E-state index contributed by atoms with van der Waals surface area (Å²) >= 11 is 6.44. The molecule has 0 aliphatic rings. The second kappa shape index (κ2) is 6.69. The van der Waals surface area contributed by atoms with E-state index >= 15 is 0 Å². The predicted molar refractivity (Wildman–Crippen MR) is 102 cm³/mol. The molecule has 0 saturated heterocycles. The highest BCUT2D eigenvalue weighted by molar-refractivity contribution is 6.34. The molecule has 0 fully saturated rings. The summed E-state index contributed by atoms with van der Waals surface area (Å²) in [6, 6.07) is 17.8. The van der Waals surface area contributed by atoms with Crippen LogP contribution in [-0.2, 0) is 7.05 Å². The highest BCUT2D eigenvalue weighted by Crippen LogP contribution is 2.36. The maximum atomic E-state index is 14.6. The van der Waals surface area contributed by atoms with Crippen LogP contribution in [-0.4, -0.2) is 9.78 Å². The van der Waals surface area contributed by atoms with Gasteiger partial charge in [0.1, 0.15) is 11.5 Å². The van der Waals surface area contributed by atoms with Crippen LogP contribution in [0.4, 0.5) is 10.1 Å². The Morgan fingerprint density at radius 1 is 1.04 bits per heavy atom. The minimum Gasteiger partial charge on any atom is -0.382 e. The van der Waals surface area contributed by atoms with E-state index < -0.39 is 5.82 Å². The van der Waals surface area contributed by atoms with Crippen molar-refractivity contribution in [2.24, 2.45) is 7.05 Å². The van der Waals surface area contributed by atoms with Gasteiger partial charge in [-0.2, -0.15) is 5.10 Å². The molecule has 6 heteroatoms. The molecular weight excluding hydrogens is 353 g/mol. The molecule has 0 spiro atoms. The number of rotatable bonds is 4. The Labute approximate surface area is 154 Å². The van der Waals surface area contributed by atoms with Crippen LogP contribution in [0.15, 0.2) is 66.9 Å². The second-order valence-corrected chi connectivity index (χ2v) is 6.24. The van der Waals surface area contributed by atoms with Crippen LogP contribution in [0.1, 0.15) is 0 Å². The van der Waals surface area contributed by atoms with Gasteiger partial charge in [-0.15, -0.1) is 0 Å². The van der Waals surface area contributed by atoms with Crippen molar-refractivity contribution in [2.45, 2.75) is 0 Å². The van der Waals surface area contributed by atoms with E-state index in [1.807, 2.05) is 43.4 Å². The van der Waals surface area contributed by atoms with E-state index in [2.05, 4.69) is 10.6 Å². The third-order valence-corrected chi connectivity index (χ3v) is 4.47. The fraction of sp³-hybridized carbons (Fsp3) is 0.0500. The van der Waals surface area contributed by atoms with Crippen molar-refractivity contribution in [1.29, 1.82) is 0 Å². The summed E-state index contributed by atoms with van der Waals surface area (Å²) in [5, 5.41) is 5.59. The quantitative estimate of drug-likeness (QED) is 0.488. The van der Waals surface area contributed by atoms with E-state index in [0.29, 0.717) is 16.3 Å². The van der Waals surface area contributed by atoms with Crippen LogP contribution in [0.2, 0.25) is 5.02 Å². The van der Waals surface area contributed by atoms with Crippen molar-refractivity contribution in [3.63, 3.8) is 0 Å². The Morgan fingerprint density at radius 2 is 1.85 bits per heavy atom. The van der Waals surface area contributed by atoms with Gasteiger partial charge >= 0.3 is 0 Å². The number of nitrogens with one attached hydrogen (secondary N) is 1. The molecule has 0 amide bonds. The van der Waals surface area contributed by atoms with Gasteiger partial charge in [0.2, 0.25) is 0 Å². The third-order valence-electron chi connectivity index (χ3n) is 4.16. The average Bonchev–Trinajstić information content (AvgIpc) is 3.04. The number of fused-ring (bicyclic) bond motifs is 1. The number of benzene rings is 3. The van der Waals surface area contributed by atoms with Gasteiger partial charge in [-0.05, 0) is 35.9 Å². The Morgan fingerprint density at radius 3 is 2.65 bits per heavy atom. The highest BCUT2D eigenvalue weighted by atomic mass is 35.5. The summed E-state index contributed by atoms with van der Waals surface area (Å²) in [4.78, 5) is 5.39. The molecule has 0 aliphatic heterocycles. The molecule has 1 heterocycles. The first-order valence-electron chi connectivity index (χ1n) is 8.01. The zero-order valence-corrected chi connectivity index (χ0v) is 14.7. The lowest BCUT2D eigenvalue weighted by Crippen LogP contribution is -2.06. The monoisotopic (exact) mass is 367 g/mol. The number of hydrogen-bond acceptors (Lipinski definition) is 3. The first-order valence-corrected chi connectivity index (χ1v) is 8.39. The molecule has 0 atom stereocenters. The summed E-state index contributed by atoms with van der Waals surface area (Å²) in [6.45, 7) is 0. The second-order valence-electron chi connectivity index (χ2n) is 5.84. The van der Waals surface area contributed by atoms with Gasteiger partial charge in [0, 0.05) is 18.0 Å². The molecule has 4 rings (SSSR count). The number of halogens is 2. The molecule has 4 nitrogen and oxygen atoms in total. The molecule has 4 aromatic rings. The number of aromatic nitrogens is 2. The Hall–Kier alpha value is -3.05. The summed E-state index contributed by atoms with van der Waals surface area (Å²) in [5.74, 6) is 0.119. The largest absolute Gasteiger partial charge is 0.382 e. The number of para-hydroxylation sites is 1. The van der Waals surface area contributed by atoms with Crippen molar-refractivity contribution in [3.8, 4) is 16.9 Å². The van der Waals surface area contributed by atoms with Crippen LogP contribution in [0.3, 0.4) is 0 Å². The van der Waals surface area contributed by atoms with Crippen LogP contribution >= 0.6 is 11.6 Å². The van der Waals surface area contributed by atoms with Gasteiger partial charge in [0.05, 0.1) is 16.7 Å². The van der Waals surface area contributed by atoms with Crippen molar-refractivity contribution in [1.82, 2.24) is 9.78 Å². The topological polar surface area (TPSA) is 39.1 Å². The Balaban J connectivity index is 1.69. The first-order chi connectivity index (χ1) is 12.6. The van der Waals surface area contributed by atoms with E-state index in [1.165, 1.54) is 12.1 Å². The molecule has 0 saturated carbocycles. The van der Waals surface area contributed by atoms with E-state index in [1.54, 1.807) is 23.0 Å². The molecule has 0 radical (unpaired) electrons. The van der Waals surface area contributed by atoms with E-state index in [-0.39, 0.29) is 5.69 Å². The van der Waals surface area contributed by atoms with Crippen LogP contribution in [0.5, 0.6) is 5.75 Å². The zero-order chi connectivity index (χ0) is 18.1. The van der Waals surface area contributed by atoms with Crippen molar-refractivity contribution in [2.75, 3.05) is 5.48 Å². The zero-order valence-electron chi connectivity index (χ0n) is 13.9. The maximum absolute atomic E-state index is 14.6. The summed E-state index contributed by atoms with van der Waals surface area (Å²) in [6.07, 6.45) is 1.75. The molecule has 0 bridgehead atoms. The predicted octanol–water partition coefficient (Wildman–Crippen LogP) is 5.44. The fourth-order valence-electron chi connectivity index (χ4n) is 2.85. The molecule has 130 valence electrons. The molecule has 0 unspecified atom stereocenters. The number of nitrogens with zero attached hydrogens (tertiary/aromatic N) is 2. The van der Waals surface area contributed by atoms with Crippen molar-refractivity contribution >= 4 is 28.2 Å². The third kappa shape index (κ3) is 2.97. The molecule has 26 heavy (non-hydrogen) atoms. The molecule has 1 aromatic heterocycles. The molecule has 0 aliphatic carbocycles. The van der Waals surface area contributed by atoms with Crippen molar-refractivity contribution < 1.29 is 9.23 Å². The summed E-state index contributed by atoms with van der Waals surface area (Å²) in [5.41, 5.74) is 5.17. The fourth-order valence-corrected chi connectivity index (χ4v) is 3.11. The molecule has 3 aromatic carbocycles. The van der Waals surface area contributed by atoms with Gasteiger partial charge in [-0.1, -0.05) is 41.9 Å². The lowest BCUT2D eigenvalue weighted by Gasteiger charge is -2.12. The standard InChI is InChI=1S/C20H15ClFN3O/c1-25-20-9-5-8-14(16(20)12-23-25)15-10-18(22)19(11-17(15)21)24-26-13-6-3-2-4-7-13/h2-12,24H,1H3. The number of aryl methyl sites for hydroxylation is 1. The van der Waals surface area contributed by atoms with Gasteiger partial charge in [-0.25, -0.2) is 9.87 Å². The Kier molecular flexibility index (Phi) is 4.22. The van der Waals surface area contributed by atoms with Crippen LogP contribution < -0.4 is 10.3 Å². The smallest absolute Gasteiger partial charge is 0.155 e. The van der Waals surface area contributed by atoms with Crippen molar-refractivity contribution in [3.05, 3.63) is 77.7 Å². The first kappa shape index (κ1) is 16.4. The lowest BCUT2D eigenvalue weighted by atomic mass is 10.0. The molecule has 1 N–H and O–H groups in total. The van der Waals surface area contributed by atoms with Crippen LogP contribution in [0.25, 0.3) is 22.0 Å². The number of anilines is 1. The van der Waals surface area contributed by atoms with E-state index in [0.717, 1.165) is 16.5 Å². The Bertz CT molecular complexity index is 1080. The minimum absolute atomic E-state index is 0.168. The van der Waals surface area contributed by atoms with E-state index in [9.17, 15) is 4.39 Å². The number of hydrogen-bond donors (Lipinski definition) is 1. The minimum atomic E-state index is -0.457. The van der Waals surface area contributed by atoms with Gasteiger partial charge in [0.15, 0.2) is 5.75 Å². The summed E-state index contributed by atoms with van der Waals surface area (Å²) in [7, 11) is 1.86. The SMILES string of the molecule is Cn1ncc2c(-c3cc(F)c(NOc4ccccc4)cc3Cl)cccc21. The lowest BCUT2D eigenvalue weighted by molar-refractivity contribution is 0.400. The van der Waals surface area contributed by atoms with Gasteiger partial charge < -0.3 is 4.84 Å². The van der Waals surface area contributed by atoms with Gasteiger partial charge in [-0.3, -0.25) is 4.68 Å². The molecular formula is C20H15ClFN3O. The van der Waals surface area contributed by atoms with Crippen LogP contribution in [0, 0.1) is 5.82 Å². The van der Waals surface area contributed by atoms with Gasteiger partial charge in [0.25, 0.3) is 0 Å². The van der Waals surface area contributed by atoms with E-state index in [4.69, 9.17) is 16.4 Å². The highest BCUT2D eigenvalue weighted by Gasteiger charge is 2.14.